The molecule has 0 aliphatic heterocycles. The van der Waals surface area contributed by atoms with Gasteiger partial charge < -0.3 is 32.0 Å². The van der Waals surface area contributed by atoms with Crippen LogP contribution < -0.4 is 32.0 Å². The highest BCUT2D eigenvalue weighted by Gasteiger charge is 2.33. The molecule has 0 spiro atoms. The largest absolute Gasteiger partial charge is 0.491 e. The van der Waals surface area contributed by atoms with Crippen LogP contribution in [0.3, 0.4) is 0 Å². The normalized spacial score (nSPS) is 12.0. The third-order valence-electron chi connectivity index (χ3n) is 10.1. The number of rotatable bonds is 14. The molecule has 11 atom stereocenters. The molecular formula is C44H60ClN10O2P15. The first kappa shape index (κ1) is 62.4. The lowest BCUT2D eigenvalue weighted by Gasteiger charge is -2.38. The molecule has 11 unspecified atom stereocenters. The third kappa shape index (κ3) is 18.1. The summed E-state index contributed by atoms with van der Waals surface area (Å²) in [6.07, 6.45) is 6.40. The van der Waals surface area contributed by atoms with E-state index in [-0.39, 0.29) is 41.9 Å². The molecule has 0 saturated carbocycles. The van der Waals surface area contributed by atoms with Gasteiger partial charge in [0.15, 0.2) is 22.5 Å². The number of anilines is 3. The summed E-state index contributed by atoms with van der Waals surface area (Å²) in [7, 11) is 28.8. The van der Waals surface area contributed by atoms with Crippen molar-refractivity contribution in [2.45, 2.75) is 26.9 Å². The molecular weight excluding hydrogens is 1200 g/mol. The average molecular weight is 1260 g/mol. The van der Waals surface area contributed by atoms with Crippen LogP contribution in [0.2, 0.25) is 5.15 Å². The molecule has 7 N–H and O–H groups in total. The SMILES string of the molecule is COc1c(Cl)ncnc1-c1ccc(C)cc1.COc1c(NCc2ccc3c(N)nccc3c2)ncnc1-c1ccc(C)cc1.NCc1ccc2c(N)nccc2c1.PPP(P)P(P(P)P)P(P(P)P)P(P)P. The Morgan fingerprint density at radius 2 is 1.04 bits per heavy atom. The van der Waals surface area contributed by atoms with Crippen molar-refractivity contribution >= 4 is 172 Å². The van der Waals surface area contributed by atoms with Crippen LogP contribution in [0.5, 0.6) is 11.5 Å². The summed E-state index contributed by atoms with van der Waals surface area (Å²) in [6, 6.07) is 32.1. The molecule has 8 rings (SSSR count). The number of benzene rings is 4. The molecule has 28 heteroatoms. The number of nitrogens with one attached hydrogen (secondary N) is 1. The number of nitrogens with two attached hydrogens (primary N) is 3. The summed E-state index contributed by atoms with van der Waals surface area (Å²) in [5.74, 6) is 2.90. The number of ether oxygens (including phenoxy) is 2. The van der Waals surface area contributed by atoms with Crippen molar-refractivity contribution in [3.05, 3.63) is 150 Å². The van der Waals surface area contributed by atoms with Gasteiger partial charge >= 0.3 is 0 Å². The van der Waals surface area contributed by atoms with Crippen molar-refractivity contribution in [2.75, 3.05) is 31.0 Å². The van der Waals surface area contributed by atoms with Crippen molar-refractivity contribution in [1.29, 1.82) is 0 Å². The van der Waals surface area contributed by atoms with Crippen LogP contribution in [0.25, 0.3) is 44.1 Å². The Labute approximate surface area is 455 Å². The minimum Gasteiger partial charge on any atom is -0.491 e. The van der Waals surface area contributed by atoms with Gasteiger partial charge in [-0.3, -0.25) is 0 Å². The van der Waals surface area contributed by atoms with Crippen LogP contribution in [-0.2, 0) is 13.1 Å². The second-order valence-electron chi connectivity index (χ2n) is 15.1. The highest BCUT2D eigenvalue weighted by molar-refractivity contribution is 9.28. The number of fused-ring (bicyclic) bond motifs is 2. The molecule has 0 saturated heterocycles. The van der Waals surface area contributed by atoms with E-state index in [2.05, 4.69) is 132 Å². The molecule has 4 heterocycles. The van der Waals surface area contributed by atoms with Crippen LogP contribution in [0, 0.1) is 13.8 Å². The third-order valence-corrected chi connectivity index (χ3v) is 98.8. The van der Waals surface area contributed by atoms with Crippen LogP contribution >= 0.6 is 133 Å². The summed E-state index contributed by atoms with van der Waals surface area (Å²) in [5.41, 5.74) is 25.2. The van der Waals surface area contributed by atoms with Crippen molar-refractivity contribution < 1.29 is 9.47 Å². The zero-order chi connectivity index (χ0) is 52.5. The Morgan fingerprint density at radius 3 is 1.50 bits per heavy atom. The molecule has 0 aliphatic rings. The number of hydrogen-bond acceptors (Lipinski definition) is 12. The number of pyridine rings is 2. The summed E-state index contributed by atoms with van der Waals surface area (Å²) in [5, 5.41) is 7.77. The van der Waals surface area contributed by atoms with E-state index in [1.165, 1.54) is 17.5 Å². The molecule has 0 bridgehead atoms. The fourth-order valence-electron chi connectivity index (χ4n) is 6.63. The van der Waals surface area contributed by atoms with E-state index in [0.717, 1.165) is 57.5 Å². The van der Waals surface area contributed by atoms with E-state index in [1.807, 2.05) is 85.8 Å². The highest BCUT2D eigenvalue weighted by atomic mass is 35.5. The number of nitrogens with zero attached hydrogens (tertiary/aromatic N) is 6. The van der Waals surface area contributed by atoms with Gasteiger partial charge in [-0.05, 0) is 102 Å². The summed E-state index contributed by atoms with van der Waals surface area (Å²) in [4.78, 5) is 25.0. The van der Waals surface area contributed by atoms with E-state index in [0.29, 0.717) is 52.9 Å². The maximum atomic E-state index is 5.93. The second-order valence-corrected chi connectivity index (χ2v) is 71.4. The van der Waals surface area contributed by atoms with Crippen molar-refractivity contribution in [1.82, 2.24) is 29.9 Å². The van der Waals surface area contributed by atoms with Gasteiger partial charge in [0.05, 0.1) is 14.2 Å². The molecule has 4 aromatic heterocycles. The van der Waals surface area contributed by atoms with Gasteiger partial charge in [0.2, 0.25) is 0 Å². The smallest absolute Gasteiger partial charge is 0.187 e. The summed E-state index contributed by atoms with van der Waals surface area (Å²) in [6.45, 7) is 6.13. The van der Waals surface area contributed by atoms with Crippen LogP contribution in [0.15, 0.2) is 122 Å². The quantitative estimate of drug-likeness (QED) is 0.0597. The number of aryl methyl sites for hydroxylation is 2. The average Bonchev–Trinajstić information content (AvgIpc) is 3.37. The Balaban J connectivity index is 0.000000189. The van der Waals surface area contributed by atoms with E-state index >= 15 is 0 Å². The number of hydrogen-bond donors (Lipinski definition) is 4. The minimum absolute atomic E-state index is 0.0884. The monoisotopic (exact) mass is 1260 g/mol. The van der Waals surface area contributed by atoms with Gasteiger partial charge in [0, 0.05) is 47.4 Å². The van der Waals surface area contributed by atoms with Gasteiger partial charge in [-0.15, -0.1) is 71.4 Å². The van der Waals surface area contributed by atoms with E-state index in [9.17, 15) is 0 Å². The molecule has 4 aromatic carbocycles. The number of aromatic nitrogens is 6. The second kappa shape index (κ2) is 31.8. The molecule has 0 fully saturated rings. The van der Waals surface area contributed by atoms with Crippen molar-refractivity contribution in [3.63, 3.8) is 0 Å². The van der Waals surface area contributed by atoms with E-state index < -0.39 is 0 Å². The first-order valence-corrected chi connectivity index (χ1v) is 48.2. The summed E-state index contributed by atoms with van der Waals surface area (Å²) >= 11 is 5.93. The molecule has 0 amide bonds. The van der Waals surface area contributed by atoms with Crippen LogP contribution in [0.1, 0.15) is 22.3 Å². The predicted octanol–water partition coefficient (Wildman–Crippen LogP) is 17.0. The first-order chi connectivity index (χ1) is 34.5. The maximum absolute atomic E-state index is 5.93. The topological polar surface area (TPSA) is 186 Å². The maximum Gasteiger partial charge on any atom is 0.187 e. The fraction of sp³-hybridized carbons (Fsp3) is 0.136. The Kier molecular flexibility index (Phi) is 27.6. The van der Waals surface area contributed by atoms with Gasteiger partial charge in [-0.25, -0.2) is 29.9 Å². The van der Waals surface area contributed by atoms with Crippen molar-refractivity contribution in [3.8, 4) is 34.0 Å². The minimum atomic E-state index is 0.0884. The molecule has 12 nitrogen and oxygen atoms in total. The van der Waals surface area contributed by atoms with Crippen LogP contribution in [0.4, 0.5) is 17.5 Å². The van der Waals surface area contributed by atoms with Crippen LogP contribution in [-0.4, -0.2) is 44.1 Å². The predicted molar refractivity (Wildman–Crippen MR) is 358 cm³/mol. The van der Waals surface area contributed by atoms with E-state index in [1.54, 1.807) is 32.9 Å². The molecule has 8 aromatic rings. The van der Waals surface area contributed by atoms with E-state index in [4.69, 9.17) is 38.3 Å². The molecule has 72 heavy (non-hydrogen) atoms. The zero-order valence-corrected chi connectivity index (χ0v) is 56.2. The lowest BCUT2D eigenvalue weighted by molar-refractivity contribution is 0.413. The Bertz CT molecular complexity index is 2990. The molecule has 0 aliphatic carbocycles. The number of methoxy groups -OCH3 is 2. The number of halogens is 1. The lowest BCUT2D eigenvalue weighted by atomic mass is 10.1. The van der Waals surface area contributed by atoms with Gasteiger partial charge in [-0.1, -0.05) is 103 Å². The standard InChI is InChI=1S/C22H21N5O.C12H11ClN2O.C10H11N3.H17P15/c1-14-3-6-16(7-4-14)19-20(28-2)22(27-13-26-19)25-12-15-5-8-18-17(11-15)9-10-24-21(18)23;1-8-3-5-9(6-4-8)10-11(16-2)12(13)15-7-14-10;11-6-7-1-2-9-8(5-7)3-4-13-10(9)12;1-9-13(8)15(12(6)7)14(10(2)3)11(4)5/h3-11,13H,12H2,1-2H3,(H2,23,24)(H,25,26,27);3-7H,1-2H3;1-5H,6,11H2,(H2,12,13);9H,1-8H2. The zero-order valence-electron chi connectivity index (χ0n) is 39.9. The van der Waals surface area contributed by atoms with Gasteiger partial charge in [0.25, 0.3) is 0 Å². The molecule has 380 valence electrons. The fourth-order valence-corrected chi connectivity index (χ4v) is 163. The molecule has 0 radical (unpaired) electrons. The Hall–Kier alpha value is -0.440. The van der Waals surface area contributed by atoms with Gasteiger partial charge in [-0.2, -0.15) is 0 Å². The Morgan fingerprint density at radius 1 is 0.583 bits per heavy atom. The van der Waals surface area contributed by atoms with Crippen molar-refractivity contribution in [2.24, 2.45) is 5.73 Å². The first-order valence-electron chi connectivity index (χ1n) is 21.3. The summed E-state index contributed by atoms with van der Waals surface area (Å²) < 4.78 is 10.8. The highest BCUT2D eigenvalue weighted by Crippen LogP contribution is 3.22. The lowest BCUT2D eigenvalue weighted by Crippen LogP contribution is -2.05. The van der Waals surface area contributed by atoms with Gasteiger partial charge in [0.1, 0.15) is 35.7 Å². The number of nitrogen functional groups attached to an aromatic ring is 2.